The molecule has 0 saturated carbocycles. The van der Waals surface area contributed by atoms with E-state index >= 15 is 0 Å². The van der Waals surface area contributed by atoms with Crippen molar-refractivity contribution in [3.63, 3.8) is 0 Å². The molecule has 1 fully saturated rings. The molecule has 6 nitrogen and oxygen atoms in total. The maximum absolute atomic E-state index is 13.2. The second kappa shape index (κ2) is 7.77. The van der Waals surface area contributed by atoms with Crippen LogP contribution in [0.4, 0.5) is 14.9 Å². The lowest BCUT2D eigenvalue weighted by molar-refractivity contribution is -0.134. The number of urea groups is 1. The third-order valence-corrected chi connectivity index (χ3v) is 4.93. The molecule has 1 saturated heterocycles. The molecule has 1 aliphatic rings. The lowest BCUT2D eigenvalue weighted by atomic mass is 9.87. The van der Waals surface area contributed by atoms with E-state index in [1.165, 1.54) is 42.5 Å². The number of rotatable bonds is 5. The number of hydrogen-bond donors (Lipinski definition) is 2. The molecule has 0 radical (unpaired) electrons. The number of imide groups is 1. The van der Waals surface area contributed by atoms with E-state index in [9.17, 15) is 18.8 Å². The number of amides is 4. The molecule has 1 heterocycles. The van der Waals surface area contributed by atoms with Crippen molar-refractivity contribution in [2.45, 2.75) is 18.9 Å². The Morgan fingerprint density at radius 2 is 1.75 bits per heavy atom. The average molecular weight is 424 g/mol. The zero-order valence-electron chi connectivity index (χ0n) is 14.8. The van der Waals surface area contributed by atoms with E-state index in [2.05, 4.69) is 10.6 Å². The lowest BCUT2D eigenvalue weighted by Gasteiger charge is -2.25. The predicted molar refractivity (Wildman–Crippen MR) is 104 cm³/mol. The van der Waals surface area contributed by atoms with Gasteiger partial charge in [-0.15, -0.1) is 0 Å². The van der Waals surface area contributed by atoms with Crippen molar-refractivity contribution in [1.29, 1.82) is 0 Å². The van der Waals surface area contributed by atoms with Gasteiger partial charge in [-0.3, -0.25) is 14.5 Å². The molecule has 0 aliphatic carbocycles. The number of nitrogens with zero attached hydrogens (tertiary/aromatic N) is 1. The average Bonchev–Trinajstić information content (AvgIpc) is 2.86. The summed E-state index contributed by atoms with van der Waals surface area (Å²) < 4.78 is 13.2. The number of halogens is 3. The number of hydrogen-bond acceptors (Lipinski definition) is 3. The Kier molecular flexibility index (Phi) is 5.58. The summed E-state index contributed by atoms with van der Waals surface area (Å²) in [6.45, 7) is 1.23. The zero-order valence-corrected chi connectivity index (χ0v) is 16.3. The van der Waals surface area contributed by atoms with Crippen LogP contribution in [-0.4, -0.2) is 29.3 Å². The minimum absolute atomic E-state index is 0.241. The van der Waals surface area contributed by atoms with Crippen molar-refractivity contribution in [1.82, 2.24) is 10.2 Å². The van der Waals surface area contributed by atoms with Gasteiger partial charge < -0.3 is 10.6 Å². The van der Waals surface area contributed by atoms with Crippen LogP contribution in [-0.2, 0) is 15.1 Å². The van der Waals surface area contributed by atoms with Gasteiger partial charge in [0.2, 0.25) is 5.91 Å². The first-order chi connectivity index (χ1) is 13.2. The number of benzene rings is 2. The van der Waals surface area contributed by atoms with Crippen LogP contribution >= 0.6 is 23.2 Å². The van der Waals surface area contributed by atoms with E-state index in [1.807, 2.05) is 0 Å². The van der Waals surface area contributed by atoms with E-state index in [0.717, 1.165) is 4.90 Å². The first-order valence-corrected chi connectivity index (χ1v) is 9.17. The highest BCUT2D eigenvalue weighted by Crippen LogP contribution is 2.32. The summed E-state index contributed by atoms with van der Waals surface area (Å²) in [4.78, 5) is 38.5. The highest BCUT2D eigenvalue weighted by molar-refractivity contribution is 6.35. The van der Waals surface area contributed by atoms with Gasteiger partial charge in [0.15, 0.2) is 0 Å². The van der Waals surface area contributed by atoms with E-state index in [1.54, 1.807) is 6.92 Å². The summed E-state index contributed by atoms with van der Waals surface area (Å²) in [6.07, 6.45) is 0.241. The summed E-state index contributed by atoms with van der Waals surface area (Å²) in [5.41, 5.74) is -0.557. The van der Waals surface area contributed by atoms with Crippen LogP contribution in [0, 0.1) is 5.82 Å². The molecule has 0 aromatic heterocycles. The fourth-order valence-corrected chi connectivity index (χ4v) is 3.64. The van der Waals surface area contributed by atoms with Crippen LogP contribution in [0.3, 0.4) is 0 Å². The Morgan fingerprint density at radius 3 is 2.32 bits per heavy atom. The number of carbonyl (C=O) groups is 3. The summed E-state index contributed by atoms with van der Waals surface area (Å²) in [5, 5.41) is 5.85. The maximum atomic E-state index is 13.2. The van der Waals surface area contributed by atoms with E-state index in [-0.39, 0.29) is 6.42 Å². The molecule has 28 heavy (non-hydrogen) atoms. The molecule has 2 N–H and O–H groups in total. The lowest BCUT2D eigenvalue weighted by Crippen LogP contribution is -2.44. The van der Waals surface area contributed by atoms with Gasteiger partial charge in [0.1, 0.15) is 17.9 Å². The molecule has 2 aromatic carbocycles. The first kappa shape index (κ1) is 20.1. The molecule has 146 valence electrons. The van der Waals surface area contributed by atoms with Gasteiger partial charge in [0.25, 0.3) is 5.91 Å². The third-order valence-electron chi connectivity index (χ3n) is 4.49. The van der Waals surface area contributed by atoms with Crippen LogP contribution in [0.2, 0.25) is 10.0 Å². The highest BCUT2D eigenvalue weighted by Gasteiger charge is 2.51. The third kappa shape index (κ3) is 3.81. The van der Waals surface area contributed by atoms with E-state index < -0.39 is 35.7 Å². The van der Waals surface area contributed by atoms with E-state index in [4.69, 9.17) is 23.2 Å². The molecule has 2 aromatic rings. The highest BCUT2D eigenvalue weighted by atomic mass is 35.5. The van der Waals surface area contributed by atoms with Gasteiger partial charge >= 0.3 is 6.03 Å². The molecule has 0 spiro atoms. The van der Waals surface area contributed by atoms with Crippen LogP contribution in [0.25, 0.3) is 0 Å². The van der Waals surface area contributed by atoms with Crippen molar-refractivity contribution >= 4 is 46.7 Å². The number of carbonyl (C=O) groups excluding carboxylic acids is 3. The SMILES string of the molecule is CCC1(c2ccc(F)cc2)NC(=O)N(CC(=O)Nc2cc(Cl)cc(Cl)c2)C1=O. The monoisotopic (exact) mass is 423 g/mol. The second-order valence-corrected chi connectivity index (χ2v) is 7.17. The van der Waals surface area contributed by atoms with Crippen LogP contribution < -0.4 is 10.6 Å². The Morgan fingerprint density at radius 1 is 1.14 bits per heavy atom. The summed E-state index contributed by atoms with van der Waals surface area (Å²) in [6, 6.07) is 9.10. The Bertz CT molecular complexity index is 932. The van der Waals surface area contributed by atoms with Crippen LogP contribution in [0.15, 0.2) is 42.5 Å². The fraction of sp³-hybridized carbons (Fsp3) is 0.211. The van der Waals surface area contributed by atoms with Gasteiger partial charge in [-0.25, -0.2) is 9.18 Å². The molecular formula is C19H16Cl2FN3O3. The molecule has 1 unspecified atom stereocenters. The molecule has 4 amide bonds. The fourth-order valence-electron chi connectivity index (χ4n) is 3.11. The predicted octanol–water partition coefficient (Wildman–Crippen LogP) is 3.93. The molecule has 3 rings (SSSR count). The van der Waals surface area contributed by atoms with Crippen molar-refractivity contribution in [3.05, 3.63) is 63.9 Å². The maximum Gasteiger partial charge on any atom is 0.325 e. The molecule has 1 aliphatic heterocycles. The van der Waals surface area contributed by atoms with Gasteiger partial charge in [-0.1, -0.05) is 42.3 Å². The minimum atomic E-state index is -1.34. The topological polar surface area (TPSA) is 78.5 Å². The van der Waals surface area contributed by atoms with E-state index in [0.29, 0.717) is 21.3 Å². The van der Waals surface area contributed by atoms with Crippen LogP contribution in [0.5, 0.6) is 0 Å². The van der Waals surface area contributed by atoms with Crippen LogP contribution in [0.1, 0.15) is 18.9 Å². The largest absolute Gasteiger partial charge is 0.325 e. The second-order valence-electron chi connectivity index (χ2n) is 6.29. The van der Waals surface area contributed by atoms with Crippen molar-refractivity contribution in [2.75, 3.05) is 11.9 Å². The summed E-state index contributed by atoms with van der Waals surface area (Å²) in [5.74, 6) is -1.62. The Hall–Kier alpha value is -2.64. The smallest absolute Gasteiger partial charge is 0.324 e. The quantitative estimate of drug-likeness (QED) is 0.715. The van der Waals surface area contributed by atoms with Gasteiger partial charge in [-0.2, -0.15) is 0 Å². The first-order valence-electron chi connectivity index (χ1n) is 8.41. The van der Waals surface area contributed by atoms with Crippen molar-refractivity contribution < 1.29 is 18.8 Å². The summed E-state index contributed by atoms with van der Waals surface area (Å²) >= 11 is 11.8. The molecule has 1 atom stereocenters. The Balaban J connectivity index is 1.79. The van der Waals surface area contributed by atoms with Gasteiger partial charge in [-0.05, 0) is 42.3 Å². The standard InChI is InChI=1S/C19H16Cl2FN3O3/c1-2-19(11-3-5-14(22)6-4-11)17(27)25(18(28)24-19)10-16(26)23-15-8-12(20)7-13(21)9-15/h3-9H,2,10H2,1H3,(H,23,26)(H,24,28). The van der Waals surface area contributed by atoms with Crippen molar-refractivity contribution in [3.8, 4) is 0 Å². The zero-order chi connectivity index (χ0) is 20.5. The molecular weight excluding hydrogens is 408 g/mol. The Labute approximate surface area is 170 Å². The number of nitrogens with one attached hydrogen (secondary N) is 2. The minimum Gasteiger partial charge on any atom is -0.324 e. The van der Waals surface area contributed by atoms with Crippen molar-refractivity contribution in [2.24, 2.45) is 0 Å². The number of anilines is 1. The molecule has 0 bridgehead atoms. The van der Waals surface area contributed by atoms with Gasteiger partial charge in [0, 0.05) is 15.7 Å². The van der Waals surface area contributed by atoms with Gasteiger partial charge in [0.05, 0.1) is 0 Å². The normalized spacial score (nSPS) is 18.9. The molecule has 9 heteroatoms. The summed E-state index contributed by atoms with van der Waals surface area (Å²) in [7, 11) is 0.